The van der Waals surface area contributed by atoms with Crippen LogP contribution in [-0.4, -0.2) is 14.6 Å². The zero-order chi connectivity index (χ0) is 11.8. The lowest BCUT2D eigenvalue weighted by atomic mass is 10.3. The van der Waals surface area contributed by atoms with Gasteiger partial charge in [-0.2, -0.15) is 0 Å². The lowest BCUT2D eigenvalue weighted by Gasteiger charge is -1.98. The fraction of sp³-hybridized carbons (Fsp3) is 0. The van der Waals surface area contributed by atoms with E-state index >= 15 is 0 Å². The van der Waals surface area contributed by atoms with E-state index in [0.29, 0.717) is 26.5 Å². The van der Waals surface area contributed by atoms with Crippen LogP contribution in [0.3, 0.4) is 0 Å². The van der Waals surface area contributed by atoms with Gasteiger partial charge in [-0.05, 0) is 24.3 Å². The van der Waals surface area contributed by atoms with Crippen LogP contribution in [0.15, 0.2) is 42.7 Å². The molecule has 2 aromatic heterocycles. The van der Waals surface area contributed by atoms with Crippen LogP contribution in [0.25, 0.3) is 17.0 Å². The van der Waals surface area contributed by atoms with Crippen molar-refractivity contribution in [1.29, 1.82) is 0 Å². The van der Waals surface area contributed by atoms with Gasteiger partial charge in [-0.25, -0.2) is 4.98 Å². The van der Waals surface area contributed by atoms with Gasteiger partial charge in [0.25, 0.3) is 5.95 Å². The molecule has 0 aliphatic heterocycles. The predicted octanol–water partition coefficient (Wildman–Crippen LogP) is 1.92. The van der Waals surface area contributed by atoms with Gasteiger partial charge in [-0.15, -0.1) is 0 Å². The Balaban J connectivity index is 2.32. The molecule has 0 saturated heterocycles. The van der Waals surface area contributed by atoms with Crippen molar-refractivity contribution in [1.82, 2.24) is 14.6 Å². The fourth-order valence-electron chi connectivity index (χ4n) is 1.64. The minimum Gasteiger partial charge on any atom is -0.290 e. The van der Waals surface area contributed by atoms with E-state index in [1.54, 1.807) is 35.2 Å². The van der Waals surface area contributed by atoms with E-state index in [9.17, 15) is 4.91 Å². The van der Waals surface area contributed by atoms with Crippen LogP contribution in [-0.2, 0) is 0 Å². The second kappa shape index (κ2) is 3.71. The van der Waals surface area contributed by atoms with Gasteiger partial charge in [0.1, 0.15) is 5.52 Å². The highest BCUT2D eigenvalue weighted by atomic mass is 35.5. The molecule has 0 fully saturated rings. The number of halogens is 1. The number of nitrogens with zero attached hydrogens (tertiary/aromatic N) is 3. The molecule has 2 heterocycles. The van der Waals surface area contributed by atoms with Gasteiger partial charge >= 0.3 is 5.52 Å². The van der Waals surface area contributed by atoms with Crippen molar-refractivity contribution in [2.75, 3.05) is 0 Å². The molecule has 17 heavy (non-hydrogen) atoms. The number of rotatable bonds is 1. The van der Waals surface area contributed by atoms with Crippen LogP contribution in [0.2, 0.25) is 5.02 Å². The second-order valence-corrected chi connectivity index (χ2v) is 4.00. The fourth-order valence-corrected chi connectivity index (χ4v) is 1.80. The largest absolute Gasteiger partial charge is 0.319 e. The number of H-pyrrole nitrogens is 1. The summed E-state index contributed by atoms with van der Waals surface area (Å²) >= 11 is 5.83. The summed E-state index contributed by atoms with van der Waals surface area (Å²) in [5.74, 6) is 0.458. The first kappa shape index (κ1) is 10.0. The molecule has 0 atom stereocenters. The van der Waals surface area contributed by atoms with Crippen molar-refractivity contribution in [2.24, 2.45) is 0 Å². The smallest absolute Gasteiger partial charge is 0.290 e. The highest BCUT2D eigenvalue weighted by Crippen LogP contribution is 2.14. The van der Waals surface area contributed by atoms with E-state index in [0.717, 1.165) is 0 Å². The van der Waals surface area contributed by atoms with E-state index in [2.05, 4.69) is 10.1 Å². The third-order valence-electron chi connectivity index (χ3n) is 2.43. The number of benzene rings is 1. The Bertz CT molecular complexity index is 733. The minimum atomic E-state index is 0.411. The molecule has 0 saturated carbocycles. The Kier molecular flexibility index (Phi) is 2.19. The van der Waals surface area contributed by atoms with Crippen molar-refractivity contribution in [3.8, 4) is 5.95 Å². The summed E-state index contributed by atoms with van der Waals surface area (Å²) < 4.78 is 2.38. The monoisotopic (exact) mass is 247 g/mol. The third kappa shape index (κ3) is 1.70. The average molecular weight is 248 g/mol. The van der Waals surface area contributed by atoms with Crippen molar-refractivity contribution in [2.45, 2.75) is 0 Å². The van der Waals surface area contributed by atoms with E-state index in [-0.39, 0.29) is 0 Å². The van der Waals surface area contributed by atoms with Crippen LogP contribution in [0.5, 0.6) is 0 Å². The zero-order valence-corrected chi connectivity index (χ0v) is 9.43. The van der Waals surface area contributed by atoms with Gasteiger partial charge in [-0.3, -0.25) is 4.57 Å². The maximum absolute atomic E-state index is 11.8. The van der Waals surface area contributed by atoms with Crippen molar-refractivity contribution in [3.63, 3.8) is 0 Å². The first-order valence-corrected chi connectivity index (χ1v) is 5.37. The second-order valence-electron chi connectivity index (χ2n) is 3.56. The van der Waals surface area contributed by atoms with Crippen LogP contribution in [0.1, 0.15) is 0 Å². The van der Waals surface area contributed by atoms with Crippen LogP contribution < -0.4 is 4.54 Å². The molecule has 0 spiro atoms. The molecule has 0 aliphatic rings. The van der Waals surface area contributed by atoms with Gasteiger partial charge in [0.15, 0.2) is 4.54 Å². The molecule has 3 aromatic rings. The van der Waals surface area contributed by atoms with Crippen molar-refractivity contribution >= 4 is 22.6 Å². The van der Waals surface area contributed by atoms with Gasteiger partial charge in [0.2, 0.25) is 0 Å². The number of nitrogens with one attached hydrogen (secondary N) is 1. The zero-order valence-electron chi connectivity index (χ0n) is 8.67. The molecule has 0 unspecified atom stereocenters. The first-order valence-electron chi connectivity index (χ1n) is 4.99. The Morgan fingerprint density at radius 1 is 1.29 bits per heavy atom. The molecular formula is C11H8ClN4O+. The molecule has 5 nitrogen and oxygen atoms in total. The number of fused-ring (bicyclic) bond motifs is 1. The molecule has 1 N–H and O–H groups in total. The van der Waals surface area contributed by atoms with Crippen LogP contribution in [0.4, 0.5) is 0 Å². The molecule has 0 radical (unpaired) electrons. The number of hydrogen-bond acceptors (Lipinski definition) is 2. The standard InChI is InChI=1S/C11H8ClN4O/c12-8-3-4-9-10(7-8)16(17)14-11(13-9)15-5-1-2-6-15/h1-7H,(H,13,14,17)/q+1. The van der Waals surface area contributed by atoms with E-state index in [4.69, 9.17) is 11.6 Å². The highest BCUT2D eigenvalue weighted by molar-refractivity contribution is 6.31. The van der Waals surface area contributed by atoms with Crippen LogP contribution in [0, 0.1) is 4.91 Å². The van der Waals surface area contributed by atoms with Gasteiger partial charge < -0.3 is 0 Å². The summed E-state index contributed by atoms with van der Waals surface area (Å²) in [6, 6.07) is 8.71. The van der Waals surface area contributed by atoms with Gasteiger partial charge in [0.05, 0.1) is 4.91 Å². The Morgan fingerprint density at radius 3 is 2.82 bits per heavy atom. The Hall–Kier alpha value is -2.14. The number of hydrogen-bond donors (Lipinski definition) is 1. The number of aromatic amines is 1. The quantitative estimate of drug-likeness (QED) is 0.668. The van der Waals surface area contributed by atoms with E-state index < -0.39 is 0 Å². The predicted molar refractivity (Wildman–Crippen MR) is 63.8 cm³/mol. The molecule has 6 heteroatoms. The highest BCUT2D eigenvalue weighted by Gasteiger charge is 2.12. The third-order valence-corrected chi connectivity index (χ3v) is 2.67. The SMILES string of the molecule is O=[n+]1[nH]c(-n2cccc2)nc2ccc(Cl)cc21. The summed E-state index contributed by atoms with van der Waals surface area (Å²) in [6.45, 7) is 0. The molecule has 1 aromatic carbocycles. The number of aromatic nitrogens is 4. The molecule has 0 bridgehead atoms. The topological polar surface area (TPSA) is 56.6 Å². The summed E-state index contributed by atoms with van der Waals surface area (Å²) in [4.78, 5) is 16.1. The summed E-state index contributed by atoms with van der Waals surface area (Å²) in [5, 5.41) is 3.14. The lowest BCUT2D eigenvalue weighted by Crippen LogP contribution is -2.23. The summed E-state index contributed by atoms with van der Waals surface area (Å²) in [6.07, 6.45) is 3.61. The maximum Gasteiger partial charge on any atom is 0.319 e. The summed E-state index contributed by atoms with van der Waals surface area (Å²) in [7, 11) is 0. The van der Waals surface area contributed by atoms with Gasteiger partial charge in [0, 0.05) is 23.5 Å². The average Bonchev–Trinajstić information content (AvgIpc) is 2.83. The minimum absolute atomic E-state index is 0.411. The first-order chi connectivity index (χ1) is 8.24. The Morgan fingerprint density at radius 2 is 2.06 bits per heavy atom. The molecular weight excluding hydrogens is 240 g/mol. The molecule has 84 valence electrons. The Labute approximate surface area is 101 Å². The lowest BCUT2D eigenvalue weighted by molar-refractivity contribution is -0.536. The van der Waals surface area contributed by atoms with Gasteiger partial charge in [-0.1, -0.05) is 16.7 Å². The normalized spacial score (nSPS) is 10.9. The molecule has 0 amide bonds. The summed E-state index contributed by atoms with van der Waals surface area (Å²) in [5.41, 5.74) is 1.00. The van der Waals surface area contributed by atoms with E-state index in [1.807, 2.05) is 12.1 Å². The maximum atomic E-state index is 11.8. The van der Waals surface area contributed by atoms with E-state index in [1.165, 1.54) is 0 Å². The molecule has 3 rings (SSSR count). The van der Waals surface area contributed by atoms with Crippen LogP contribution >= 0.6 is 11.6 Å². The van der Waals surface area contributed by atoms with Crippen molar-refractivity contribution in [3.05, 3.63) is 52.7 Å². The molecule has 0 aliphatic carbocycles. The van der Waals surface area contributed by atoms with Crippen molar-refractivity contribution < 1.29 is 4.54 Å².